The van der Waals surface area contributed by atoms with Gasteiger partial charge in [-0.05, 0) is 86.0 Å². The van der Waals surface area contributed by atoms with Crippen molar-refractivity contribution in [2.45, 2.75) is 6.61 Å². The number of para-hydroxylation sites is 1. The van der Waals surface area contributed by atoms with Crippen LogP contribution in [-0.2, 0) is 6.61 Å². The molecule has 0 saturated heterocycles. The van der Waals surface area contributed by atoms with Gasteiger partial charge in [-0.3, -0.25) is 4.79 Å². The molecule has 0 radical (unpaired) electrons. The van der Waals surface area contributed by atoms with E-state index in [1.54, 1.807) is 12.3 Å². The van der Waals surface area contributed by atoms with Crippen LogP contribution in [0.3, 0.4) is 0 Å². The fourth-order valence-electron chi connectivity index (χ4n) is 3.87. The van der Waals surface area contributed by atoms with Crippen LogP contribution in [0.4, 0.5) is 0 Å². The van der Waals surface area contributed by atoms with Crippen LogP contribution in [0.5, 0.6) is 5.75 Å². The Morgan fingerprint density at radius 2 is 1.74 bits per heavy atom. The average molecular weight is 697 g/mol. The molecule has 5 aromatic rings. The first kappa shape index (κ1) is 26.3. The number of carbonyl (C=O) groups is 1. The zero-order valence-electron chi connectivity index (χ0n) is 19.9. The molecule has 0 aliphatic carbocycles. The smallest absolute Gasteiger partial charge is 0.272 e. The maximum absolute atomic E-state index is 13.2. The molecule has 0 atom stereocenters. The number of hydrazone groups is 1. The van der Waals surface area contributed by atoms with Crippen molar-refractivity contribution in [2.75, 3.05) is 0 Å². The van der Waals surface area contributed by atoms with Crippen LogP contribution < -0.4 is 10.2 Å². The van der Waals surface area contributed by atoms with Gasteiger partial charge in [0.15, 0.2) is 0 Å². The summed E-state index contributed by atoms with van der Waals surface area (Å²) in [5, 5.41) is 5.67. The number of amides is 1. The summed E-state index contributed by atoms with van der Waals surface area (Å²) in [4.78, 5) is 17.9. The molecule has 0 unspecified atom stereocenters. The molecule has 0 spiro atoms. The molecule has 0 bridgehead atoms. The van der Waals surface area contributed by atoms with Crippen LogP contribution in [0.2, 0.25) is 5.02 Å². The third-order valence-corrected chi connectivity index (χ3v) is 7.37. The maximum atomic E-state index is 13.2. The van der Waals surface area contributed by atoms with Crippen LogP contribution in [0.15, 0.2) is 107 Å². The largest absolute Gasteiger partial charge is 0.487 e. The second-order valence-corrected chi connectivity index (χ2v) is 10.8. The van der Waals surface area contributed by atoms with Gasteiger partial charge in [0.05, 0.1) is 31.0 Å². The fraction of sp³-hybridized carbons (Fsp3) is 0.0333. The molecule has 1 N–H and O–H groups in total. The molecule has 0 aliphatic rings. The monoisotopic (exact) mass is 695 g/mol. The Morgan fingerprint density at radius 3 is 2.50 bits per heavy atom. The molecule has 1 heterocycles. The molecule has 5 nitrogen and oxygen atoms in total. The maximum Gasteiger partial charge on any atom is 0.272 e. The highest BCUT2D eigenvalue weighted by atomic mass is 127. The molecule has 0 fully saturated rings. The van der Waals surface area contributed by atoms with E-state index in [1.165, 1.54) is 0 Å². The number of pyridine rings is 1. The lowest BCUT2D eigenvalue weighted by Gasteiger charge is -2.11. The average Bonchev–Trinajstić information content (AvgIpc) is 2.93. The van der Waals surface area contributed by atoms with Gasteiger partial charge in [0.25, 0.3) is 5.91 Å². The predicted molar refractivity (Wildman–Crippen MR) is 165 cm³/mol. The van der Waals surface area contributed by atoms with Gasteiger partial charge >= 0.3 is 0 Å². The molecule has 0 saturated carbocycles. The van der Waals surface area contributed by atoms with Crippen LogP contribution in [-0.4, -0.2) is 17.1 Å². The summed E-state index contributed by atoms with van der Waals surface area (Å²) < 4.78 is 7.72. The van der Waals surface area contributed by atoms with Crippen LogP contribution in [0.25, 0.3) is 22.2 Å². The van der Waals surface area contributed by atoms with Gasteiger partial charge in [-0.15, -0.1) is 0 Å². The first-order valence-electron chi connectivity index (χ1n) is 11.6. The topological polar surface area (TPSA) is 63.6 Å². The van der Waals surface area contributed by atoms with Crippen molar-refractivity contribution in [2.24, 2.45) is 5.10 Å². The molecule has 5 rings (SSSR count). The number of fused-ring (bicyclic) bond motifs is 1. The zero-order chi connectivity index (χ0) is 26.5. The zero-order valence-corrected chi connectivity index (χ0v) is 24.4. The van der Waals surface area contributed by atoms with Crippen molar-refractivity contribution in [3.63, 3.8) is 0 Å². The molecule has 1 amide bonds. The SMILES string of the molecule is O=C(N/N=C/c1cc(Br)c(OCc2ccc(Cl)cc2)c(I)c1)c1cc(-c2ccccc2)nc2ccccc12. The highest BCUT2D eigenvalue weighted by molar-refractivity contribution is 14.1. The fourth-order valence-corrected chi connectivity index (χ4v) is 5.77. The highest BCUT2D eigenvalue weighted by Crippen LogP contribution is 2.32. The summed E-state index contributed by atoms with van der Waals surface area (Å²) in [5.74, 6) is 0.423. The first-order valence-corrected chi connectivity index (χ1v) is 13.9. The minimum atomic E-state index is -0.311. The minimum Gasteiger partial charge on any atom is -0.487 e. The number of hydrogen-bond donors (Lipinski definition) is 1. The molecule has 188 valence electrons. The summed E-state index contributed by atoms with van der Waals surface area (Å²) in [6.45, 7) is 0.417. The van der Waals surface area contributed by atoms with Gasteiger partial charge in [-0.1, -0.05) is 72.3 Å². The first-order chi connectivity index (χ1) is 18.5. The number of hydrogen-bond acceptors (Lipinski definition) is 4. The second-order valence-electron chi connectivity index (χ2n) is 8.37. The summed E-state index contributed by atoms with van der Waals surface area (Å²) in [5.41, 5.74) is 7.41. The quantitative estimate of drug-likeness (QED) is 0.106. The van der Waals surface area contributed by atoms with E-state index < -0.39 is 0 Å². The Morgan fingerprint density at radius 1 is 1.00 bits per heavy atom. The van der Waals surface area contributed by atoms with Crippen molar-refractivity contribution >= 4 is 73.1 Å². The van der Waals surface area contributed by atoms with Crippen LogP contribution >= 0.6 is 50.1 Å². The lowest BCUT2D eigenvalue weighted by molar-refractivity contribution is 0.0956. The van der Waals surface area contributed by atoms with Gasteiger partial charge < -0.3 is 4.74 Å². The number of halogens is 3. The lowest BCUT2D eigenvalue weighted by Crippen LogP contribution is -2.18. The second kappa shape index (κ2) is 12.1. The van der Waals surface area contributed by atoms with E-state index in [0.717, 1.165) is 47.1 Å². The van der Waals surface area contributed by atoms with E-state index in [1.807, 2.05) is 91.0 Å². The third-order valence-electron chi connectivity index (χ3n) is 5.73. The Labute approximate surface area is 247 Å². The van der Waals surface area contributed by atoms with E-state index in [4.69, 9.17) is 21.3 Å². The van der Waals surface area contributed by atoms with Crippen LogP contribution in [0, 0.1) is 3.57 Å². The van der Waals surface area contributed by atoms with E-state index in [-0.39, 0.29) is 5.91 Å². The molecule has 0 aliphatic heterocycles. The molecule has 38 heavy (non-hydrogen) atoms. The third kappa shape index (κ3) is 6.23. The van der Waals surface area contributed by atoms with E-state index in [9.17, 15) is 4.79 Å². The van der Waals surface area contributed by atoms with Crippen molar-refractivity contribution in [3.8, 4) is 17.0 Å². The minimum absolute atomic E-state index is 0.311. The van der Waals surface area contributed by atoms with Gasteiger partial charge in [0, 0.05) is 16.0 Å². The summed E-state index contributed by atoms with van der Waals surface area (Å²) in [7, 11) is 0. The number of carbonyl (C=O) groups excluding carboxylic acids is 1. The van der Waals surface area contributed by atoms with Crippen molar-refractivity contribution in [3.05, 3.63) is 127 Å². The normalized spacial score (nSPS) is 11.1. The summed E-state index contributed by atoms with van der Waals surface area (Å²) in [6.07, 6.45) is 1.61. The number of ether oxygens (including phenoxy) is 1. The standard InChI is InChI=1S/C30H20BrClIN3O2/c31-25-14-20(15-26(33)29(25)38-18-19-10-12-22(32)13-11-19)17-34-36-30(37)24-16-28(21-6-2-1-3-7-21)35-27-9-5-4-8-23(24)27/h1-17H,18H2,(H,36,37)/b34-17+. The summed E-state index contributed by atoms with van der Waals surface area (Å²) >= 11 is 11.8. The van der Waals surface area contributed by atoms with E-state index >= 15 is 0 Å². The van der Waals surface area contributed by atoms with Crippen molar-refractivity contribution < 1.29 is 9.53 Å². The molecule has 1 aromatic heterocycles. The number of nitrogens with one attached hydrogen (secondary N) is 1. The van der Waals surface area contributed by atoms with E-state index in [2.05, 4.69) is 49.0 Å². The highest BCUT2D eigenvalue weighted by Gasteiger charge is 2.14. The number of aromatic nitrogens is 1. The Balaban J connectivity index is 1.32. The Kier molecular flexibility index (Phi) is 8.36. The van der Waals surface area contributed by atoms with Gasteiger partial charge in [-0.2, -0.15) is 5.10 Å². The van der Waals surface area contributed by atoms with Crippen molar-refractivity contribution in [1.82, 2.24) is 10.4 Å². The Hall–Kier alpha value is -3.27. The van der Waals surface area contributed by atoms with Gasteiger partial charge in [-0.25, -0.2) is 10.4 Å². The predicted octanol–water partition coefficient (Wildman–Crippen LogP) is 8.27. The van der Waals surface area contributed by atoms with Gasteiger partial charge in [0.2, 0.25) is 0 Å². The van der Waals surface area contributed by atoms with Gasteiger partial charge in [0.1, 0.15) is 12.4 Å². The molecule has 4 aromatic carbocycles. The Bertz CT molecular complexity index is 1620. The molecular weight excluding hydrogens is 677 g/mol. The molecular formula is C30H20BrClIN3O2. The number of rotatable bonds is 7. The van der Waals surface area contributed by atoms with Crippen LogP contribution in [0.1, 0.15) is 21.5 Å². The lowest BCUT2D eigenvalue weighted by atomic mass is 10.0. The molecule has 8 heteroatoms. The summed E-state index contributed by atoms with van der Waals surface area (Å²) in [6, 6.07) is 30.5. The van der Waals surface area contributed by atoms with E-state index in [0.29, 0.717) is 17.2 Å². The number of nitrogens with zero attached hydrogens (tertiary/aromatic N) is 2. The number of benzene rings is 4. The van der Waals surface area contributed by atoms with Crippen molar-refractivity contribution in [1.29, 1.82) is 0 Å².